The number of anilines is 1. The fourth-order valence-corrected chi connectivity index (χ4v) is 3.49. The number of aliphatic carboxylic acids is 1. The first kappa shape index (κ1) is 24.7. The maximum absolute atomic E-state index is 13.2. The van der Waals surface area contributed by atoms with E-state index in [2.05, 4.69) is 15.6 Å². The van der Waals surface area contributed by atoms with Crippen LogP contribution in [0.15, 0.2) is 52.7 Å². The van der Waals surface area contributed by atoms with Crippen molar-refractivity contribution in [3.8, 4) is 5.75 Å². The summed E-state index contributed by atoms with van der Waals surface area (Å²) in [7, 11) is 0. The molecule has 0 aromatic heterocycles. The number of nitrogens with zero attached hydrogens (tertiary/aromatic N) is 3. The molecule has 0 spiro atoms. The van der Waals surface area contributed by atoms with E-state index in [1.165, 1.54) is 24.3 Å². The molecule has 11 heteroatoms. The molecule has 34 heavy (non-hydrogen) atoms. The SMILES string of the molecule is CC1=NN(CCCC(=O)O)C(=O)/C1=N\Nc1cccc(CCc2ccccc2C(F)(F)F)c1O. The number of carboxylic acid groups (broad SMARTS) is 1. The predicted octanol–water partition coefficient (Wildman–Crippen LogP) is 4.05. The van der Waals surface area contributed by atoms with Crippen molar-refractivity contribution in [3.05, 3.63) is 59.2 Å². The molecule has 1 aliphatic rings. The largest absolute Gasteiger partial charge is 0.505 e. The molecule has 1 heterocycles. The maximum Gasteiger partial charge on any atom is 0.416 e. The number of hydrogen-bond acceptors (Lipinski definition) is 6. The average Bonchev–Trinajstić information content (AvgIpc) is 3.04. The molecule has 3 N–H and O–H groups in total. The van der Waals surface area contributed by atoms with Crippen molar-refractivity contribution in [1.82, 2.24) is 5.01 Å². The van der Waals surface area contributed by atoms with Crippen LogP contribution < -0.4 is 5.43 Å². The first-order chi connectivity index (χ1) is 16.1. The third kappa shape index (κ3) is 5.91. The number of hydrogen-bond donors (Lipinski definition) is 3. The minimum atomic E-state index is -4.47. The molecule has 2 aromatic carbocycles. The van der Waals surface area contributed by atoms with E-state index >= 15 is 0 Å². The molecule has 0 aliphatic carbocycles. The van der Waals surface area contributed by atoms with Crippen LogP contribution in [0.25, 0.3) is 0 Å². The number of phenols is 1. The van der Waals surface area contributed by atoms with Crippen LogP contribution in [0.1, 0.15) is 36.5 Å². The van der Waals surface area contributed by atoms with Crippen molar-refractivity contribution < 1.29 is 33.0 Å². The van der Waals surface area contributed by atoms with Gasteiger partial charge in [0, 0.05) is 13.0 Å². The smallest absolute Gasteiger partial charge is 0.416 e. The molecule has 0 unspecified atom stereocenters. The zero-order valence-electron chi connectivity index (χ0n) is 18.3. The molecule has 1 aliphatic heterocycles. The van der Waals surface area contributed by atoms with Gasteiger partial charge in [-0.1, -0.05) is 30.3 Å². The molecule has 2 aromatic rings. The van der Waals surface area contributed by atoms with Crippen LogP contribution in [0.3, 0.4) is 0 Å². The van der Waals surface area contributed by atoms with Crippen LogP contribution in [0, 0.1) is 0 Å². The van der Waals surface area contributed by atoms with E-state index in [4.69, 9.17) is 5.11 Å². The highest BCUT2D eigenvalue weighted by molar-refractivity contribution is 6.68. The lowest BCUT2D eigenvalue weighted by Crippen LogP contribution is -2.29. The third-order valence-electron chi connectivity index (χ3n) is 5.21. The maximum atomic E-state index is 13.2. The van der Waals surface area contributed by atoms with Gasteiger partial charge in [-0.2, -0.15) is 23.4 Å². The summed E-state index contributed by atoms with van der Waals surface area (Å²) in [4.78, 5) is 23.1. The predicted molar refractivity (Wildman–Crippen MR) is 120 cm³/mol. The minimum Gasteiger partial charge on any atom is -0.505 e. The van der Waals surface area contributed by atoms with Crippen LogP contribution in [0.5, 0.6) is 5.75 Å². The van der Waals surface area contributed by atoms with Gasteiger partial charge >= 0.3 is 12.1 Å². The highest BCUT2D eigenvalue weighted by Gasteiger charge is 2.33. The number of carbonyl (C=O) groups excluding carboxylic acids is 1. The second-order valence-electron chi connectivity index (χ2n) is 7.65. The number of amides is 1. The van der Waals surface area contributed by atoms with E-state index in [1.807, 2.05) is 0 Å². The van der Waals surface area contributed by atoms with Gasteiger partial charge in [0.2, 0.25) is 0 Å². The van der Waals surface area contributed by atoms with Crippen molar-refractivity contribution >= 4 is 29.0 Å². The standard InChI is InChI=1S/C23H23F3N4O4/c1-14-20(22(34)30(29-14)13-5-10-19(31)32)28-27-18-9-4-7-16(21(18)33)12-11-15-6-2-3-8-17(15)23(24,25)26/h2-4,6-9,27,33H,5,10-13H2,1H3,(H,31,32)/b28-20-. The van der Waals surface area contributed by atoms with E-state index in [0.717, 1.165) is 11.1 Å². The molecule has 0 radical (unpaired) electrons. The van der Waals surface area contributed by atoms with Crippen molar-refractivity contribution in [3.63, 3.8) is 0 Å². The lowest BCUT2D eigenvalue weighted by Gasteiger charge is -2.14. The van der Waals surface area contributed by atoms with Crippen molar-refractivity contribution in [2.75, 3.05) is 12.0 Å². The molecule has 0 atom stereocenters. The van der Waals surface area contributed by atoms with E-state index in [0.29, 0.717) is 11.3 Å². The fourth-order valence-electron chi connectivity index (χ4n) is 3.49. The number of aryl methyl sites for hydroxylation is 2. The van der Waals surface area contributed by atoms with Gasteiger partial charge in [0.05, 0.1) is 17.0 Å². The number of carbonyl (C=O) groups is 2. The van der Waals surface area contributed by atoms with Crippen LogP contribution >= 0.6 is 0 Å². The highest BCUT2D eigenvalue weighted by Crippen LogP contribution is 2.34. The number of hydrazone groups is 2. The second-order valence-corrected chi connectivity index (χ2v) is 7.65. The summed E-state index contributed by atoms with van der Waals surface area (Å²) in [6.45, 7) is 1.70. The van der Waals surface area contributed by atoms with Gasteiger partial charge < -0.3 is 10.2 Å². The first-order valence-corrected chi connectivity index (χ1v) is 10.5. The average molecular weight is 476 g/mol. The number of para-hydroxylation sites is 1. The quantitative estimate of drug-likeness (QED) is 0.373. The van der Waals surface area contributed by atoms with Crippen LogP contribution in [0.2, 0.25) is 0 Å². The number of nitrogens with one attached hydrogen (secondary N) is 1. The summed E-state index contributed by atoms with van der Waals surface area (Å²) in [5.74, 6) is -1.66. The van der Waals surface area contributed by atoms with Crippen molar-refractivity contribution in [2.45, 2.75) is 38.8 Å². The Morgan fingerprint density at radius 1 is 1.12 bits per heavy atom. The monoisotopic (exact) mass is 476 g/mol. The van der Waals surface area contributed by atoms with E-state index in [1.54, 1.807) is 19.1 Å². The summed E-state index contributed by atoms with van der Waals surface area (Å²) in [5, 5.41) is 28.5. The van der Waals surface area contributed by atoms with Crippen LogP contribution in [-0.2, 0) is 28.6 Å². The van der Waals surface area contributed by atoms with Crippen LogP contribution in [-0.4, -0.2) is 45.1 Å². The fraction of sp³-hybridized carbons (Fsp3) is 0.304. The topological polar surface area (TPSA) is 115 Å². The number of alkyl halides is 3. The molecule has 180 valence electrons. The van der Waals surface area contributed by atoms with Gasteiger partial charge in [0.15, 0.2) is 5.71 Å². The van der Waals surface area contributed by atoms with E-state index < -0.39 is 23.6 Å². The highest BCUT2D eigenvalue weighted by atomic mass is 19.4. The van der Waals surface area contributed by atoms with Gasteiger partial charge in [-0.05, 0) is 49.4 Å². The van der Waals surface area contributed by atoms with Crippen molar-refractivity contribution in [2.24, 2.45) is 10.2 Å². The molecule has 0 saturated carbocycles. The third-order valence-corrected chi connectivity index (χ3v) is 5.21. The minimum absolute atomic E-state index is 0.0132. The Bertz CT molecular complexity index is 1150. The normalized spacial score (nSPS) is 15.1. The molecule has 8 nitrogen and oxygen atoms in total. The lowest BCUT2D eigenvalue weighted by molar-refractivity contribution is -0.138. The zero-order valence-corrected chi connectivity index (χ0v) is 18.3. The van der Waals surface area contributed by atoms with Gasteiger partial charge in [-0.15, -0.1) is 0 Å². The Morgan fingerprint density at radius 2 is 1.79 bits per heavy atom. The molecule has 0 saturated heterocycles. The van der Waals surface area contributed by atoms with Gasteiger partial charge in [0.25, 0.3) is 5.91 Å². The summed E-state index contributed by atoms with van der Waals surface area (Å²) >= 11 is 0. The number of rotatable bonds is 9. The molecular weight excluding hydrogens is 453 g/mol. The van der Waals surface area contributed by atoms with Gasteiger partial charge in [0.1, 0.15) is 5.75 Å². The Kier molecular flexibility index (Phi) is 7.54. The van der Waals surface area contributed by atoms with Gasteiger partial charge in [-0.25, -0.2) is 5.01 Å². The molecule has 3 rings (SSSR count). The molecule has 1 amide bonds. The number of benzene rings is 2. The van der Waals surface area contributed by atoms with Gasteiger partial charge in [-0.3, -0.25) is 15.0 Å². The summed E-state index contributed by atoms with van der Waals surface area (Å²) in [5.41, 5.74) is 2.97. The number of phenolic OH excluding ortho intramolecular Hbond substituents is 1. The Balaban J connectivity index is 1.69. The first-order valence-electron chi connectivity index (χ1n) is 10.5. The van der Waals surface area contributed by atoms with Crippen LogP contribution in [0.4, 0.5) is 18.9 Å². The Hall–Kier alpha value is -3.89. The second kappa shape index (κ2) is 10.4. The van der Waals surface area contributed by atoms with Crippen molar-refractivity contribution in [1.29, 1.82) is 0 Å². The molecular formula is C23H23F3N4O4. The zero-order chi connectivity index (χ0) is 24.9. The lowest BCUT2D eigenvalue weighted by atomic mass is 9.99. The Labute approximate surface area is 193 Å². The summed E-state index contributed by atoms with van der Waals surface area (Å²) < 4.78 is 39.7. The number of carboxylic acids is 1. The summed E-state index contributed by atoms with van der Waals surface area (Å²) in [6, 6.07) is 10.0. The molecule has 0 fully saturated rings. The van der Waals surface area contributed by atoms with E-state index in [-0.39, 0.29) is 54.9 Å². The van der Waals surface area contributed by atoms with E-state index in [9.17, 15) is 27.9 Å². The number of aromatic hydroxyl groups is 1. The summed E-state index contributed by atoms with van der Waals surface area (Å²) in [6.07, 6.45) is -4.11. The number of halogens is 3. The Morgan fingerprint density at radius 3 is 2.50 bits per heavy atom. The molecule has 0 bridgehead atoms.